The van der Waals surface area contributed by atoms with Crippen LogP contribution in [0.5, 0.6) is 0 Å². The van der Waals surface area contributed by atoms with Crippen LogP contribution < -0.4 is 5.32 Å². The predicted octanol–water partition coefficient (Wildman–Crippen LogP) is 2.48. The number of amides is 1. The third kappa shape index (κ3) is 2.80. The lowest BCUT2D eigenvalue weighted by atomic mass is 10.1. The summed E-state index contributed by atoms with van der Waals surface area (Å²) >= 11 is 0. The summed E-state index contributed by atoms with van der Waals surface area (Å²) < 4.78 is 13.6. The highest BCUT2D eigenvalue weighted by atomic mass is 19.1. The van der Waals surface area contributed by atoms with Crippen molar-refractivity contribution in [1.82, 2.24) is 4.98 Å². The molecule has 0 unspecified atom stereocenters. The molecule has 2 N–H and O–H groups in total. The molecular weight excluding hydrogens is 263 g/mol. The van der Waals surface area contributed by atoms with E-state index in [4.69, 9.17) is 5.11 Å². The Kier molecular flexibility index (Phi) is 3.74. The number of rotatable bonds is 3. The average Bonchev–Trinajstić information content (AvgIpc) is 2.43. The molecule has 0 atom stereocenters. The fourth-order valence-corrected chi connectivity index (χ4v) is 1.63. The summed E-state index contributed by atoms with van der Waals surface area (Å²) in [4.78, 5) is 26.2. The van der Waals surface area contributed by atoms with Crippen LogP contribution in [0.4, 0.5) is 10.1 Å². The number of hydrogen-bond donors (Lipinski definition) is 2. The Bertz CT molecular complexity index is 648. The first-order chi connectivity index (χ1) is 9.49. The number of hydrogen-bond acceptors (Lipinski definition) is 3. The van der Waals surface area contributed by atoms with Crippen molar-refractivity contribution in [2.24, 2.45) is 0 Å². The van der Waals surface area contributed by atoms with Crippen LogP contribution in [0.25, 0.3) is 0 Å². The molecule has 1 aromatic heterocycles. The highest BCUT2D eigenvalue weighted by Gasteiger charge is 2.12. The molecule has 0 spiro atoms. The van der Waals surface area contributed by atoms with E-state index in [1.807, 2.05) is 0 Å². The molecule has 0 aliphatic rings. The van der Waals surface area contributed by atoms with E-state index in [-0.39, 0.29) is 16.9 Å². The van der Waals surface area contributed by atoms with Gasteiger partial charge >= 0.3 is 5.97 Å². The molecule has 0 fully saturated rings. The Hall–Kier alpha value is -2.76. The fourth-order valence-electron chi connectivity index (χ4n) is 1.63. The van der Waals surface area contributed by atoms with Gasteiger partial charge in [-0.15, -0.1) is 0 Å². The number of aromatic nitrogens is 1. The minimum atomic E-state index is -1.18. The number of carboxylic acid groups (broad SMARTS) is 1. The second-order valence-electron chi connectivity index (χ2n) is 4.12. The monoisotopic (exact) mass is 274 g/mol. The van der Waals surface area contributed by atoms with Crippen LogP contribution in [0.15, 0.2) is 36.5 Å². The number of carboxylic acids is 1. The molecule has 0 aliphatic heterocycles. The second kappa shape index (κ2) is 5.48. The van der Waals surface area contributed by atoms with Gasteiger partial charge in [0.25, 0.3) is 5.91 Å². The van der Waals surface area contributed by atoms with Crippen molar-refractivity contribution in [3.05, 3.63) is 59.2 Å². The van der Waals surface area contributed by atoms with Crippen LogP contribution in [-0.2, 0) is 0 Å². The lowest BCUT2D eigenvalue weighted by Crippen LogP contribution is -2.15. The Balaban J connectivity index is 2.22. The molecule has 6 heteroatoms. The lowest BCUT2D eigenvalue weighted by molar-refractivity contribution is 0.0690. The minimum absolute atomic E-state index is 0.0970. The van der Waals surface area contributed by atoms with E-state index in [1.54, 1.807) is 19.1 Å². The van der Waals surface area contributed by atoms with Gasteiger partial charge < -0.3 is 10.4 Å². The number of pyridine rings is 1. The third-order valence-corrected chi connectivity index (χ3v) is 2.71. The van der Waals surface area contributed by atoms with E-state index in [2.05, 4.69) is 10.3 Å². The Morgan fingerprint density at radius 1 is 1.25 bits per heavy atom. The Morgan fingerprint density at radius 3 is 2.55 bits per heavy atom. The van der Waals surface area contributed by atoms with Crippen LogP contribution in [0.2, 0.25) is 0 Å². The van der Waals surface area contributed by atoms with Gasteiger partial charge in [-0.2, -0.15) is 0 Å². The molecule has 1 heterocycles. The highest BCUT2D eigenvalue weighted by Crippen LogP contribution is 2.19. The highest BCUT2D eigenvalue weighted by molar-refractivity contribution is 6.04. The minimum Gasteiger partial charge on any atom is -0.477 e. The SMILES string of the molecule is Cc1cccc(F)c1NC(=O)c1ccc(C(=O)O)nc1. The molecule has 2 rings (SSSR count). The van der Waals surface area contributed by atoms with Crippen LogP contribution in [0, 0.1) is 12.7 Å². The number of nitrogens with zero attached hydrogens (tertiary/aromatic N) is 1. The van der Waals surface area contributed by atoms with Crippen LogP contribution >= 0.6 is 0 Å². The molecule has 102 valence electrons. The first-order valence-corrected chi connectivity index (χ1v) is 5.75. The third-order valence-electron chi connectivity index (χ3n) is 2.71. The summed E-state index contributed by atoms with van der Waals surface area (Å²) in [6.07, 6.45) is 1.13. The standard InChI is InChI=1S/C14H11FN2O3/c1-8-3-2-4-10(15)12(8)17-13(18)9-5-6-11(14(19)20)16-7-9/h2-7H,1H3,(H,17,18)(H,19,20). The van der Waals surface area contributed by atoms with E-state index >= 15 is 0 Å². The Labute approximate surface area is 114 Å². The van der Waals surface area contributed by atoms with E-state index in [1.165, 1.54) is 18.2 Å². The summed E-state index contributed by atoms with van der Waals surface area (Å²) in [7, 11) is 0. The summed E-state index contributed by atoms with van der Waals surface area (Å²) in [6.45, 7) is 1.67. The van der Waals surface area contributed by atoms with Crippen molar-refractivity contribution in [3.63, 3.8) is 0 Å². The quantitative estimate of drug-likeness (QED) is 0.901. The van der Waals surface area contributed by atoms with Crippen LogP contribution in [0.3, 0.4) is 0 Å². The van der Waals surface area contributed by atoms with E-state index in [0.717, 1.165) is 6.20 Å². The topological polar surface area (TPSA) is 79.3 Å². The molecule has 0 saturated carbocycles. The zero-order valence-corrected chi connectivity index (χ0v) is 10.6. The zero-order chi connectivity index (χ0) is 14.7. The maximum atomic E-state index is 13.6. The van der Waals surface area contributed by atoms with Gasteiger partial charge in [0.1, 0.15) is 11.5 Å². The molecule has 0 bridgehead atoms. The fraction of sp³-hybridized carbons (Fsp3) is 0.0714. The first kappa shape index (κ1) is 13.7. The van der Waals surface area contributed by atoms with Crippen LogP contribution in [0.1, 0.15) is 26.4 Å². The number of carbonyl (C=O) groups is 2. The number of benzene rings is 1. The summed E-state index contributed by atoms with van der Waals surface area (Å²) in [6, 6.07) is 7.00. The molecule has 0 radical (unpaired) electrons. The van der Waals surface area contributed by atoms with E-state index in [9.17, 15) is 14.0 Å². The van der Waals surface area contributed by atoms with Gasteiger partial charge in [-0.3, -0.25) is 4.79 Å². The number of halogens is 1. The summed E-state index contributed by atoms with van der Waals surface area (Å²) in [5, 5.41) is 11.2. The largest absolute Gasteiger partial charge is 0.477 e. The van der Waals surface area contributed by atoms with Crippen molar-refractivity contribution < 1.29 is 19.1 Å². The normalized spacial score (nSPS) is 10.1. The molecule has 1 aromatic carbocycles. The number of carbonyl (C=O) groups excluding carboxylic acids is 1. The molecular formula is C14H11FN2O3. The maximum absolute atomic E-state index is 13.6. The molecule has 5 nitrogen and oxygen atoms in total. The van der Waals surface area contributed by atoms with Crippen LogP contribution in [-0.4, -0.2) is 22.0 Å². The van der Waals surface area contributed by atoms with Gasteiger partial charge in [-0.25, -0.2) is 14.2 Å². The molecule has 0 aliphatic carbocycles. The number of aromatic carboxylic acids is 1. The average molecular weight is 274 g/mol. The van der Waals surface area contributed by atoms with E-state index in [0.29, 0.717) is 5.56 Å². The predicted molar refractivity (Wildman–Crippen MR) is 70.3 cm³/mol. The van der Waals surface area contributed by atoms with Gasteiger partial charge in [0, 0.05) is 6.20 Å². The van der Waals surface area contributed by atoms with E-state index < -0.39 is 17.7 Å². The molecule has 2 aromatic rings. The summed E-state index contributed by atoms with van der Waals surface area (Å²) in [5.41, 5.74) is 0.676. The maximum Gasteiger partial charge on any atom is 0.354 e. The smallest absolute Gasteiger partial charge is 0.354 e. The summed E-state index contributed by atoms with van der Waals surface area (Å²) in [5.74, 6) is -2.27. The Morgan fingerprint density at radius 2 is 2.00 bits per heavy atom. The number of aryl methyl sites for hydroxylation is 1. The second-order valence-corrected chi connectivity index (χ2v) is 4.12. The van der Waals surface area contributed by atoms with Gasteiger partial charge in [-0.05, 0) is 30.7 Å². The van der Waals surface area contributed by atoms with Gasteiger partial charge in [0.2, 0.25) is 0 Å². The van der Waals surface area contributed by atoms with Gasteiger partial charge in [0.15, 0.2) is 0 Å². The molecule has 20 heavy (non-hydrogen) atoms. The number of anilines is 1. The van der Waals surface area contributed by atoms with Crippen molar-refractivity contribution in [1.29, 1.82) is 0 Å². The molecule has 0 saturated heterocycles. The molecule has 1 amide bonds. The number of nitrogens with one attached hydrogen (secondary N) is 1. The van der Waals surface area contributed by atoms with Gasteiger partial charge in [0.05, 0.1) is 11.3 Å². The van der Waals surface area contributed by atoms with Crippen molar-refractivity contribution in [2.75, 3.05) is 5.32 Å². The van der Waals surface area contributed by atoms with Crippen molar-refractivity contribution in [2.45, 2.75) is 6.92 Å². The van der Waals surface area contributed by atoms with Crippen molar-refractivity contribution >= 4 is 17.6 Å². The zero-order valence-electron chi connectivity index (χ0n) is 10.6. The van der Waals surface area contributed by atoms with Gasteiger partial charge in [-0.1, -0.05) is 12.1 Å². The number of para-hydroxylation sites is 1. The first-order valence-electron chi connectivity index (χ1n) is 5.75. The van der Waals surface area contributed by atoms with Crippen molar-refractivity contribution in [3.8, 4) is 0 Å². The lowest BCUT2D eigenvalue weighted by Gasteiger charge is -2.09.